The van der Waals surface area contributed by atoms with Crippen LogP contribution in [0.1, 0.15) is 77.3 Å². The molecule has 15 heteroatoms. The minimum Gasteiger partial charge on any atom is -0.464 e. The first-order chi connectivity index (χ1) is 31.5. The Balaban J connectivity index is 1.29. The molecule has 4 amide bonds. The molecule has 0 spiro atoms. The average Bonchev–Trinajstić information content (AvgIpc) is 3.85. The molecule has 14 nitrogen and oxygen atoms in total. The zero-order chi connectivity index (χ0) is 47.6. The maximum absolute atomic E-state index is 15.3. The van der Waals surface area contributed by atoms with Crippen molar-refractivity contribution >= 4 is 40.5 Å². The van der Waals surface area contributed by atoms with Crippen molar-refractivity contribution in [2.75, 3.05) is 40.4 Å². The lowest BCUT2D eigenvalue weighted by molar-refractivity contribution is -0.155. The van der Waals surface area contributed by atoms with Gasteiger partial charge in [-0.05, 0) is 91.6 Å². The monoisotopic (exact) mass is 905 g/mol. The summed E-state index contributed by atoms with van der Waals surface area (Å²) in [6, 6.07) is 15.3. The summed E-state index contributed by atoms with van der Waals surface area (Å²) in [4.78, 5) is 76.5. The number of likely N-dealkylation sites (tertiary alicyclic amines) is 1. The van der Waals surface area contributed by atoms with Gasteiger partial charge >= 0.3 is 5.97 Å². The number of halogens is 1. The molecule has 0 radical (unpaired) electrons. The minimum absolute atomic E-state index is 0.0848. The topological polar surface area (TPSA) is 155 Å². The highest BCUT2D eigenvalue weighted by Crippen LogP contribution is 2.42. The quantitative estimate of drug-likeness (QED) is 0.140. The molecule has 2 aromatic carbocycles. The second-order valence-electron chi connectivity index (χ2n) is 19.1. The van der Waals surface area contributed by atoms with E-state index >= 15 is 4.39 Å². The number of alkyl halides is 1. The number of carbonyl (C=O) groups is 5. The van der Waals surface area contributed by atoms with Crippen LogP contribution in [-0.2, 0) is 52.8 Å². The van der Waals surface area contributed by atoms with Crippen LogP contribution in [0.15, 0.2) is 73.4 Å². The first-order valence-corrected chi connectivity index (χ1v) is 23.1. The zero-order valence-corrected chi connectivity index (χ0v) is 39.4. The number of fused-ring (bicyclic) bond motifs is 6. The third-order valence-electron chi connectivity index (χ3n) is 13.3. The number of hydrazine groups is 1. The molecule has 6 bridgehead atoms. The van der Waals surface area contributed by atoms with Crippen LogP contribution in [0, 0.1) is 17.3 Å². The van der Waals surface area contributed by atoms with E-state index in [1.807, 2.05) is 37.3 Å². The molecule has 5 unspecified atom stereocenters. The van der Waals surface area contributed by atoms with E-state index in [0.717, 1.165) is 56.2 Å². The van der Waals surface area contributed by atoms with Gasteiger partial charge in [-0.25, -0.2) is 9.82 Å². The number of pyridine rings is 1. The van der Waals surface area contributed by atoms with Crippen LogP contribution in [0.2, 0.25) is 0 Å². The number of hydrogen-bond acceptors (Lipinski definition) is 9. The third-order valence-corrected chi connectivity index (χ3v) is 13.3. The number of aryl methyl sites for hydroxylation is 1. The Morgan fingerprint density at radius 1 is 1.09 bits per heavy atom. The molecule has 7 rings (SSSR count). The van der Waals surface area contributed by atoms with E-state index in [-0.39, 0.29) is 38.8 Å². The highest BCUT2D eigenvalue weighted by Gasteiger charge is 2.44. The smallest absolute Gasteiger partial charge is 0.324 e. The summed E-state index contributed by atoms with van der Waals surface area (Å²) in [6.07, 6.45) is 2.58. The van der Waals surface area contributed by atoms with Gasteiger partial charge in [0.1, 0.15) is 24.3 Å². The van der Waals surface area contributed by atoms with E-state index in [0.29, 0.717) is 25.8 Å². The van der Waals surface area contributed by atoms with Crippen molar-refractivity contribution in [2.45, 2.75) is 104 Å². The average molecular weight is 906 g/mol. The van der Waals surface area contributed by atoms with Crippen molar-refractivity contribution in [3.05, 3.63) is 90.3 Å². The fourth-order valence-corrected chi connectivity index (χ4v) is 9.87. The van der Waals surface area contributed by atoms with Gasteiger partial charge in [0.05, 0.1) is 36.6 Å². The van der Waals surface area contributed by atoms with Gasteiger partial charge in [-0.1, -0.05) is 64.6 Å². The van der Waals surface area contributed by atoms with Gasteiger partial charge < -0.3 is 29.2 Å². The van der Waals surface area contributed by atoms with Crippen LogP contribution in [0.5, 0.6) is 0 Å². The van der Waals surface area contributed by atoms with Crippen molar-refractivity contribution in [2.24, 2.45) is 17.3 Å². The van der Waals surface area contributed by atoms with E-state index in [9.17, 15) is 24.0 Å². The number of nitrogens with one attached hydrogen (secondary N) is 2. The summed E-state index contributed by atoms with van der Waals surface area (Å²) in [5, 5.41) is 5.42. The number of cyclic esters (lactones) is 1. The number of hydrogen-bond donors (Lipinski definition) is 2. The molecule has 5 heterocycles. The fraction of sp³-hybridized carbons (Fsp3) is 0.490. The van der Waals surface area contributed by atoms with Crippen LogP contribution in [-0.4, -0.2) is 119 Å². The standard InChI is InChI=1S/C51H64FN7O7/c1-10-43(60)57-27-38(39(52)28-57)48(62)56(8)45(30(3)4)47(61)54-41-24-32-15-12-16-33(23-32)34-19-20-42-36(25-34)37(46(58(42)11-2)35-17-13-21-53-44(35)31(5)65-9)26-51(6,7)29-66-50(64)40-18-14-22-59(55-40)49(41)63/h10,12-13,15-17,19-21,23,25,30-31,38-41,45,55H,1,11,14,18,22,24,26-29H2,2-9H3,(H,54,61)/t31?,38?,39?,40-,41?,45?/m0/s1. The normalized spacial score (nSPS) is 22.1. The van der Waals surface area contributed by atoms with Crippen molar-refractivity contribution in [1.29, 1.82) is 0 Å². The van der Waals surface area contributed by atoms with Crippen molar-refractivity contribution in [1.82, 2.24) is 35.1 Å². The van der Waals surface area contributed by atoms with Gasteiger partial charge in [-0.2, -0.15) is 0 Å². The van der Waals surface area contributed by atoms with Gasteiger partial charge in [0.2, 0.25) is 17.7 Å². The summed E-state index contributed by atoms with van der Waals surface area (Å²) >= 11 is 0. The largest absolute Gasteiger partial charge is 0.464 e. The van der Waals surface area contributed by atoms with Crippen molar-refractivity contribution < 1.29 is 37.8 Å². The Hall–Kier alpha value is -5.93. The highest BCUT2D eigenvalue weighted by molar-refractivity contribution is 5.96. The SMILES string of the molecule is C=CC(=O)N1CC(F)C(C(=O)N(C)C(C(=O)NC2Cc3cccc(c3)-c3ccc4c(c3)c(c(-c3cccnc3C(C)OC)n4CC)CC(C)(C)COC(=O)[C@@H]3CCCN(N3)C2=O)C(C)C)C1. The molecular formula is C51H64FN7O7. The number of rotatable bonds is 10. The molecule has 2 saturated heterocycles. The number of methoxy groups -OCH3 is 1. The number of aromatic nitrogens is 2. The number of amides is 4. The van der Waals surface area contributed by atoms with E-state index < -0.39 is 71.1 Å². The van der Waals surface area contributed by atoms with Gasteiger partial charge in [0, 0.05) is 68.3 Å². The number of carbonyl (C=O) groups excluding carboxylic acids is 5. The predicted octanol–water partition coefficient (Wildman–Crippen LogP) is 6.21. The molecule has 352 valence electrons. The number of nitrogens with zero attached hydrogens (tertiary/aromatic N) is 5. The number of esters is 1. The van der Waals surface area contributed by atoms with Crippen LogP contribution in [0.3, 0.4) is 0 Å². The van der Waals surface area contributed by atoms with Gasteiger partial charge in [0.25, 0.3) is 5.91 Å². The van der Waals surface area contributed by atoms with Gasteiger partial charge in [0.15, 0.2) is 0 Å². The van der Waals surface area contributed by atoms with Crippen LogP contribution in [0.4, 0.5) is 4.39 Å². The molecule has 2 N–H and O–H groups in total. The summed E-state index contributed by atoms with van der Waals surface area (Å²) < 4.78 is 29.5. The Morgan fingerprint density at radius 3 is 2.56 bits per heavy atom. The first kappa shape index (κ1) is 48.0. The molecule has 3 aliphatic heterocycles. The Kier molecular flexibility index (Phi) is 14.5. The Bertz CT molecular complexity index is 2500. The fourth-order valence-electron chi connectivity index (χ4n) is 9.87. The second-order valence-corrected chi connectivity index (χ2v) is 19.1. The van der Waals surface area contributed by atoms with Crippen molar-refractivity contribution in [3.8, 4) is 22.4 Å². The first-order valence-electron chi connectivity index (χ1n) is 23.1. The molecule has 66 heavy (non-hydrogen) atoms. The molecule has 0 aliphatic carbocycles. The molecular weight excluding hydrogens is 842 g/mol. The number of likely N-dealkylation sites (N-methyl/N-ethyl adjacent to an activating group) is 1. The lowest BCUT2D eigenvalue weighted by Crippen LogP contribution is -2.62. The molecule has 0 saturated carbocycles. The molecule has 2 fully saturated rings. The molecule has 4 aromatic rings. The van der Waals surface area contributed by atoms with E-state index in [1.54, 1.807) is 27.2 Å². The third kappa shape index (κ3) is 9.78. The van der Waals surface area contributed by atoms with Gasteiger partial charge in [-0.15, -0.1) is 0 Å². The van der Waals surface area contributed by atoms with Crippen LogP contribution < -0.4 is 10.7 Å². The van der Waals surface area contributed by atoms with Crippen LogP contribution >= 0.6 is 0 Å². The second kappa shape index (κ2) is 19.9. The Labute approximate surface area is 386 Å². The maximum Gasteiger partial charge on any atom is 0.324 e. The lowest BCUT2D eigenvalue weighted by Gasteiger charge is -2.37. The van der Waals surface area contributed by atoms with Gasteiger partial charge in [-0.3, -0.25) is 34.0 Å². The van der Waals surface area contributed by atoms with E-state index in [2.05, 4.69) is 66.9 Å². The minimum atomic E-state index is -1.62. The maximum atomic E-state index is 15.3. The molecule has 6 atom stereocenters. The highest BCUT2D eigenvalue weighted by atomic mass is 19.1. The van der Waals surface area contributed by atoms with E-state index in [4.69, 9.17) is 14.5 Å². The predicted molar refractivity (Wildman–Crippen MR) is 250 cm³/mol. The summed E-state index contributed by atoms with van der Waals surface area (Å²) in [5.41, 5.74) is 10.2. The van der Waals surface area contributed by atoms with E-state index in [1.165, 1.54) is 21.9 Å². The lowest BCUT2D eigenvalue weighted by atomic mass is 9.84. The zero-order valence-electron chi connectivity index (χ0n) is 39.4. The number of benzene rings is 2. The Morgan fingerprint density at radius 2 is 1.85 bits per heavy atom. The summed E-state index contributed by atoms with van der Waals surface area (Å²) in [5.74, 6) is -4.23. The molecule has 2 aromatic heterocycles. The van der Waals surface area contributed by atoms with Crippen molar-refractivity contribution in [3.63, 3.8) is 0 Å². The number of ether oxygens (including phenoxy) is 2. The van der Waals surface area contributed by atoms with Crippen LogP contribution in [0.25, 0.3) is 33.3 Å². The summed E-state index contributed by atoms with van der Waals surface area (Å²) in [7, 11) is 3.13. The summed E-state index contributed by atoms with van der Waals surface area (Å²) in [6.45, 7) is 16.0. The molecule has 3 aliphatic rings.